The van der Waals surface area contributed by atoms with E-state index >= 15 is 0 Å². The molecule has 0 aliphatic carbocycles. The highest BCUT2D eigenvalue weighted by Crippen LogP contribution is 2.25. The summed E-state index contributed by atoms with van der Waals surface area (Å²) in [7, 11) is 1.73. The summed E-state index contributed by atoms with van der Waals surface area (Å²) in [6, 6.07) is 5.16. The fourth-order valence-corrected chi connectivity index (χ4v) is 1.85. The summed E-state index contributed by atoms with van der Waals surface area (Å²) in [5, 5.41) is 9.92. The SMILES string of the molecule is Cc1cccc2c(N(C)C(C)C(=O)O)ncnc12. The standard InChI is InChI=1S/C13H15N3O2/c1-8-5-4-6-10-11(8)14-7-15-12(10)16(3)9(2)13(17)18/h4-7,9H,1-3H3,(H,17,18). The van der Waals surface area contributed by atoms with Crippen LogP contribution in [0.3, 0.4) is 0 Å². The van der Waals surface area contributed by atoms with Crippen molar-refractivity contribution >= 4 is 22.7 Å². The number of nitrogens with zero attached hydrogens (tertiary/aromatic N) is 3. The fourth-order valence-electron chi connectivity index (χ4n) is 1.85. The van der Waals surface area contributed by atoms with Crippen LogP contribution < -0.4 is 4.90 Å². The van der Waals surface area contributed by atoms with Gasteiger partial charge in [-0.25, -0.2) is 14.8 Å². The molecule has 0 spiro atoms. The third kappa shape index (κ3) is 1.99. The van der Waals surface area contributed by atoms with Gasteiger partial charge in [-0.15, -0.1) is 0 Å². The Hall–Kier alpha value is -2.17. The molecular formula is C13H15N3O2. The third-order valence-corrected chi connectivity index (χ3v) is 3.12. The summed E-state index contributed by atoms with van der Waals surface area (Å²) >= 11 is 0. The zero-order valence-electron chi connectivity index (χ0n) is 10.6. The molecule has 0 saturated heterocycles. The molecule has 0 amide bonds. The lowest BCUT2D eigenvalue weighted by atomic mass is 10.1. The molecule has 0 saturated carbocycles. The molecule has 0 radical (unpaired) electrons. The molecule has 1 aromatic carbocycles. The highest BCUT2D eigenvalue weighted by atomic mass is 16.4. The molecule has 0 aliphatic heterocycles. The Balaban J connectivity index is 2.58. The van der Waals surface area contributed by atoms with Gasteiger partial charge in [0.1, 0.15) is 18.2 Å². The molecule has 1 unspecified atom stereocenters. The minimum atomic E-state index is -0.878. The van der Waals surface area contributed by atoms with Crippen molar-refractivity contribution in [2.24, 2.45) is 0 Å². The molecule has 0 bridgehead atoms. The number of anilines is 1. The predicted molar refractivity (Wildman–Crippen MR) is 69.8 cm³/mol. The molecule has 1 heterocycles. The van der Waals surface area contributed by atoms with Crippen LogP contribution in [-0.4, -0.2) is 34.1 Å². The van der Waals surface area contributed by atoms with E-state index in [1.54, 1.807) is 18.9 Å². The Kier molecular flexibility index (Phi) is 3.14. The smallest absolute Gasteiger partial charge is 0.326 e. The Morgan fingerprint density at radius 3 is 2.78 bits per heavy atom. The number of hydrogen-bond donors (Lipinski definition) is 1. The lowest BCUT2D eigenvalue weighted by molar-refractivity contribution is -0.138. The summed E-state index contributed by atoms with van der Waals surface area (Å²) in [5.41, 5.74) is 1.90. The summed E-state index contributed by atoms with van der Waals surface area (Å²) in [4.78, 5) is 21.1. The quantitative estimate of drug-likeness (QED) is 0.893. The Morgan fingerprint density at radius 2 is 2.11 bits per heavy atom. The molecule has 0 aliphatic rings. The number of aliphatic carboxylic acids is 1. The normalized spacial score (nSPS) is 12.4. The van der Waals surface area contributed by atoms with E-state index in [4.69, 9.17) is 5.11 Å². The van der Waals surface area contributed by atoms with Crippen LogP contribution >= 0.6 is 0 Å². The van der Waals surface area contributed by atoms with E-state index in [9.17, 15) is 4.79 Å². The number of aromatic nitrogens is 2. The second-order valence-electron chi connectivity index (χ2n) is 4.29. The average molecular weight is 245 g/mol. The predicted octanol–water partition coefficient (Wildman–Crippen LogP) is 1.85. The van der Waals surface area contributed by atoms with E-state index in [0.29, 0.717) is 5.82 Å². The first-order valence-corrected chi connectivity index (χ1v) is 5.68. The number of hydrogen-bond acceptors (Lipinski definition) is 4. The number of rotatable bonds is 3. The van der Waals surface area contributed by atoms with Crippen LogP contribution in [0, 0.1) is 6.92 Å². The van der Waals surface area contributed by atoms with Crippen LogP contribution in [0.4, 0.5) is 5.82 Å². The highest BCUT2D eigenvalue weighted by Gasteiger charge is 2.20. The van der Waals surface area contributed by atoms with Crippen molar-refractivity contribution in [2.45, 2.75) is 19.9 Å². The number of likely N-dealkylation sites (N-methyl/N-ethyl adjacent to an activating group) is 1. The largest absolute Gasteiger partial charge is 0.480 e. The zero-order valence-corrected chi connectivity index (χ0v) is 10.6. The van der Waals surface area contributed by atoms with E-state index in [2.05, 4.69) is 9.97 Å². The van der Waals surface area contributed by atoms with Gasteiger partial charge in [0.25, 0.3) is 0 Å². The average Bonchev–Trinajstić information content (AvgIpc) is 2.37. The van der Waals surface area contributed by atoms with Gasteiger partial charge in [-0.05, 0) is 25.5 Å². The molecule has 5 nitrogen and oxygen atoms in total. The van der Waals surface area contributed by atoms with Crippen molar-refractivity contribution in [1.82, 2.24) is 9.97 Å². The molecule has 2 aromatic rings. The molecule has 1 N–H and O–H groups in total. The number of carbonyl (C=O) groups is 1. The maximum absolute atomic E-state index is 11.0. The van der Waals surface area contributed by atoms with Crippen LogP contribution in [0.2, 0.25) is 0 Å². The van der Waals surface area contributed by atoms with Gasteiger partial charge in [-0.3, -0.25) is 0 Å². The highest BCUT2D eigenvalue weighted by molar-refractivity contribution is 5.92. The van der Waals surface area contributed by atoms with Crippen LogP contribution in [-0.2, 0) is 4.79 Å². The van der Waals surface area contributed by atoms with Crippen LogP contribution in [0.25, 0.3) is 10.9 Å². The number of para-hydroxylation sites is 1. The number of aryl methyl sites for hydroxylation is 1. The molecule has 1 atom stereocenters. The fraction of sp³-hybridized carbons (Fsp3) is 0.308. The van der Waals surface area contributed by atoms with E-state index < -0.39 is 12.0 Å². The first-order valence-electron chi connectivity index (χ1n) is 5.68. The molecule has 0 fully saturated rings. The first-order chi connectivity index (χ1) is 8.52. The summed E-state index contributed by atoms with van der Waals surface area (Å²) in [5.74, 6) is -0.240. The minimum absolute atomic E-state index is 0.636. The molecule has 94 valence electrons. The summed E-state index contributed by atoms with van der Waals surface area (Å²) in [6.45, 7) is 3.60. The van der Waals surface area contributed by atoms with Gasteiger partial charge < -0.3 is 10.0 Å². The second kappa shape index (κ2) is 4.60. The van der Waals surface area contributed by atoms with Gasteiger partial charge in [-0.2, -0.15) is 0 Å². The van der Waals surface area contributed by atoms with E-state index in [1.807, 2.05) is 25.1 Å². The molecular weight excluding hydrogens is 230 g/mol. The minimum Gasteiger partial charge on any atom is -0.480 e. The lowest BCUT2D eigenvalue weighted by Crippen LogP contribution is -2.36. The monoisotopic (exact) mass is 245 g/mol. The van der Waals surface area contributed by atoms with E-state index in [1.165, 1.54) is 6.33 Å². The van der Waals surface area contributed by atoms with E-state index in [0.717, 1.165) is 16.5 Å². The maximum Gasteiger partial charge on any atom is 0.326 e. The van der Waals surface area contributed by atoms with Crippen LogP contribution in [0.5, 0.6) is 0 Å². The maximum atomic E-state index is 11.0. The molecule has 2 rings (SSSR count). The number of carboxylic acids is 1. The van der Waals surface area contributed by atoms with Gasteiger partial charge in [0, 0.05) is 12.4 Å². The number of fused-ring (bicyclic) bond motifs is 1. The van der Waals surface area contributed by atoms with Gasteiger partial charge in [0.2, 0.25) is 0 Å². The van der Waals surface area contributed by atoms with Crippen molar-refractivity contribution < 1.29 is 9.90 Å². The van der Waals surface area contributed by atoms with Crippen molar-refractivity contribution in [3.05, 3.63) is 30.1 Å². The number of carboxylic acid groups (broad SMARTS) is 1. The topological polar surface area (TPSA) is 66.3 Å². The summed E-state index contributed by atoms with van der Waals surface area (Å²) in [6.07, 6.45) is 1.47. The number of benzene rings is 1. The van der Waals surface area contributed by atoms with Crippen molar-refractivity contribution in [3.8, 4) is 0 Å². The molecule has 1 aromatic heterocycles. The van der Waals surface area contributed by atoms with Gasteiger partial charge >= 0.3 is 5.97 Å². The molecule has 5 heteroatoms. The molecule has 18 heavy (non-hydrogen) atoms. The van der Waals surface area contributed by atoms with Gasteiger partial charge in [0.15, 0.2) is 0 Å². The van der Waals surface area contributed by atoms with Crippen molar-refractivity contribution in [1.29, 1.82) is 0 Å². The Labute approximate surface area is 105 Å². The van der Waals surface area contributed by atoms with E-state index in [-0.39, 0.29) is 0 Å². The Bertz CT molecular complexity index is 598. The zero-order chi connectivity index (χ0) is 13.3. The summed E-state index contributed by atoms with van der Waals surface area (Å²) < 4.78 is 0. The first kappa shape index (κ1) is 12.3. The van der Waals surface area contributed by atoms with Crippen LogP contribution in [0.1, 0.15) is 12.5 Å². The second-order valence-corrected chi connectivity index (χ2v) is 4.29. The van der Waals surface area contributed by atoms with Gasteiger partial charge in [0.05, 0.1) is 5.52 Å². The van der Waals surface area contributed by atoms with Crippen molar-refractivity contribution in [2.75, 3.05) is 11.9 Å². The van der Waals surface area contributed by atoms with Gasteiger partial charge in [-0.1, -0.05) is 12.1 Å². The third-order valence-electron chi connectivity index (χ3n) is 3.12. The van der Waals surface area contributed by atoms with Crippen LogP contribution in [0.15, 0.2) is 24.5 Å². The van der Waals surface area contributed by atoms with Crippen molar-refractivity contribution in [3.63, 3.8) is 0 Å². The lowest BCUT2D eigenvalue weighted by Gasteiger charge is -2.23. The Morgan fingerprint density at radius 1 is 1.39 bits per heavy atom.